The van der Waals surface area contributed by atoms with E-state index < -0.39 is 0 Å². The van der Waals surface area contributed by atoms with Crippen molar-refractivity contribution in [2.45, 2.75) is 19.4 Å². The van der Waals surface area contributed by atoms with Gasteiger partial charge in [-0.15, -0.1) is 5.10 Å². The zero-order valence-electron chi connectivity index (χ0n) is 15.3. The van der Waals surface area contributed by atoms with E-state index in [-0.39, 0.29) is 12.1 Å². The van der Waals surface area contributed by atoms with Crippen LogP contribution in [0, 0.1) is 0 Å². The Labute approximate surface area is 157 Å². The number of amides is 2. The summed E-state index contributed by atoms with van der Waals surface area (Å²) in [4.78, 5) is 25.1. The largest absolute Gasteiger partial charge is 0.352 e. The Morgan fingerprint density at radius 3 is 2.78 bits per heavy atom. The van der Waals surface area contributed by atoms with Crippen LogP contribution < -0.4 is 10.2 Å². The number of rotatable bonds is 4. The van der Waals surface area contributed by atoms with Crippen LogP contribution >= 0.6 is 0 Å². The number of nitrogens with one attached hydrogen (secondary N) is 1. The Hall–Kier alpha value is -3.16. The molecule has 4 heterocycles. The fraction of sp³-hybridized carbons (Fsp3) is 0.368. The van der Waals surface area contributed by atoms with Crippen molar-refractivity contribution in [3.63, 3.8) is 0 Å². The van der Waals surface area contributed by atoms with Gasteiger partial charge in [-0.25, -0.2) is 14.3 Å². The standard InChI is InChI=1S/C19H23N7O/c1-2-16(15-4-3-7-20-14-15)22-19(27)25-12-10-24(11-13-25)18-6-5-17-21-8-9-26(17)23-18/h3-9,14,16H,2,10-13H2,1H3,(H,22,27)/t16-/m1/s1. The van der Waals surface area contributed by atoms with Gasteiger partial charge in [0.15, 0.2) is 5.65 Å². The van der Waals surface area contributed by atoms with Crippen molar-refractivity contribution in [1.29, 1.82) is 0 Å². The molecule has 1 N–H and O–H groups in total. The molecule has 0 aromatic carbocycles. The maximum absolute atomic E-state index is 12.7. The fourth-order valence-electron chi connectivity index (χ4n) is 3.36. The van der Waals surface area contributed by atoms with Gasteiger partial charge in [0.05, 0.1) is 6.04 Å². The first-order chi connectivity index (χ1) is 13.2. The van der Waals surface area contributed by atoms with Gasteiger partial charge in [-0.1, -0.05) is 13.0 Å². The number of carbonyl (C=O) groups is 1. The quantitative estimate of drug-likeness (QED) is 0.766. The molecule has 3 aromatic heterocycles. The van der Waals surface area contributed by atoms with Crippen molar-refractivity contribution in [2.75, 3.05) is 31.1 Å². The number of hydrogen-bond acceptors (Lipinski definition) is 5. The van der Waals surface area contributed by atoms with Crippen LogP contribution in [0.15, 0.2) is 49.1 Å². The number of imidazole rings is 1. The van der Waals surface area contributed by atoms with E-state index in [9.17, 15) is 4.79 Å². The van der Waals surface area contributed by atoms with Crippen LogP contribution in [0.5, 0.6) is 0 Å². The third kappa shape index (κ3) is 3.69. The molecular weight excluding hydrogens is 342 g/mol. The van der Waals surface area contributed by atoms with Crippen LogP contribution in [0.3, 0.4) is 0 Å². The first-order valence-electron chi connectivity index (χ1n) is 9.25. The number of aromatic nitrogens is 4. The molecule has 4 rings (SSSR count). The lowest BCUT2D eigenvalue weighted by atomic mass is 10.1. The van der Waals surface area contributed by atoms with Crippen molar-refractivity contribution in [3.8, 4) is 0 Å². The molecule has 1 saturated heterocycles. The SMILES string of the molecule is CC[C@@H](NC(=O)N1CCN(c2ccc3nccn3n2)CC1)c1cccnc1. The number of carbonyl (C=O) groups excluding carboxylic acids is 1. The van der Waals surface area contributed by atoms with Crippen molar-refractivity contribution < 1.29 is 4.79 Å². The van der Waals surface area contributed by atoms with E-state index in [0.717, 1.165) is 36.5 Å². The van der Waals surface area contributed by atoms with Gasteiger partial charge in [0.2, 0.25) is 0 Å². The molecule has 0 radical (unpaired) electrons. The highest BCUT2D eigenvalue weighted by Gasteiger charge is 2.24. The Morgan fingerprint density at radius 1 is 1.19 bits per heavy atom. The summed E-state index contributed by atoms with van der Waals surface area (Å²) in [6.07, 6.45) is 7.95. The lowest BCUT2D eigenvalue weighted by molar-refractivity contribution is 0.189. The third-order valence-corrected chi connectivity index (χ3v) is 4.92. The second kappa shape index (κ2) is 7.61. The molecule has 0 unspecified atom stereocenters. The van der Waals surface area contributed by atoms with E-state index in [4.69, 9.17) is 0 Å². The monoisotopic (exact) mass is 365 g/mol. The molecule has 0 saturated carbocycles. The van der Waals surface area contributed by atoms with E-state index in [1.165, 1.54) is 0 Å². The van der Waals surface area contributed by atoms with Crippen LogP contribution in [-0.4, -0.2) is 56.7 Å². The highest BCUT2D eigenvalue weighted by molar-refractivity contribution is 5.75. The molecule has 1 aliphatic heterocycles. The van der Waals surface area contributed by atoms with Crippen molar-refractivity contribution in [1.82, 2.24) is 29.8 Å². The third-order valence-electron chi connectivity index (χ3n) is 4.92. The predicted molar refractivity (Wildman–Crippen MR) is 103 cm³/mol. The average Bonchev–Trinajstić information content (AvgIpc) is 3.20. The second-order valence-electron chi connectivity index (χ2n) is 6.59. The summed E-state index contributed by atoms with van der Waals surface area (Å²) < 4.78 is 1.77. The first-order valence-corrected chi connectivity index (χ1v) is 9.25. The minimum atomic E-state index is -0.0247. The maximum atomic E-state index is 12.7. The normalized spacial score (nSPS) is 15.7. The van der Waals surface area contributed by atoms with E-state index in [1.807, 2.05) is 41.6 Å². The van der Waals surface area contributed by atoms with Crippen LogP contribution in [0.25, 0.3) is 5.65 Å². The van der Waals surface area contributed by atoms with Crippen LogP contribution in [0.2, 0.25) is 0 Å². The Morgan fingerprint density at radius 2 is 2.04 bits per heavy atom. The van der Waals surface area contributed by atoms with Crippen LogP contribution in [0.1, 0.15) is 24.9 Å². The highest BCUT2D eigenvalue weighted by atomic mass is 16.2. The molecule has 0 aliphatic carbocycles. The molecule has 1 atom stereocenters. The Bertz CT molecular complexity index is 903. The van der Waals surface area contributed by atoms with Gasteiger partial charge in [0.25, 0.3) is 0 Å². The van der Waals surface area contributed by atoms with Crippen LogP contribution in [-0.2, 0) is 0 Å². The molecule has 1 aliphatic rings. The molecule has 8 heteroatoms. The minimum absolute atomic E-state index is 0.0189. The molecule has 8 nitrogen and oxygen atoms in total. The molecule has 2 amide bonds. The smallest absolute Gasteiger partial charge is 0.318 e. The lowest BCUT2D eigenvalue weighted by Crippen LogP contribution is -2.52. The average molecular weight is 365 g/mol. The van der Waals surface area contributed by atoms with Gasteiger partial charge in [-0.2, -0.15) is 0 Å². The molecular formula is C19H23N7O. The summed E-state index contributed by atoms with van der Waals surface area (Å²) in [6.45, 7) is 4.90. The van der Waals surface area contributed by atoms with Gasteiger partial charge in [0, 0.05) is 51.0 Å². The minimum Gasteiger partial charge on any atom is -0.352 e. The summed E-state index contributed by atoms with van der Waals surface area (Å²) in [6, 6.07) is 7.79. The van der Waals surface area contributed by atoms with E-state index in [0.29, 0.717) is 13.1 Å². The highest BCUT2D eigenvalue weighted by Crippen LogP contribution is 2.17. The van der Waals surface area contributed by atoms with Crippen molar-refractivity contribution in [3.05, 3.63) is 54.6 Å². The summed E-state index contributed by atoms with van der Waals surface area (Å²) >= 11 is 0. The van der Waals surface area contributed by atoms with E-state index in [2.05, 4.69) is 32.2 Å². The van der Waals surface area contributed by atoms with Crippen molar-refractivity contribution in [2.24, 2.45) is 0 Å². The fourth-order valence-corrected chi connectivity index (χ4v) is 3.36. The number of fused-ring (bicyclic) bond motifs is 1. The van der Waals surface area contributed by atoms with Gasteiger partial charge in [-0.05, 0) is 30.2 Å². The molecule has 140 valence electrons. The zero-order chi connectivity index (χ0) is 18.6. The maximum Gasteiger partial charge on any atom is 0.318 e. The molecule has 0 bridgehead atoms. The van der Waals surface area contributed by atoms with Gasteiger partial charge in [-0.3, -0.25) is 4.98 Å². The van der Waals surface area contributed by atoms with Crippen molar-refractivity contribution >= 4 is 17.5 Å². The second-order valence-corrected chi connectivity index (χ2v) is 6.59. The Balaban J connectivity index is 1.36. The van der Waals surface area contributed by atoms with E-state index >= 15 is 0 Å². The Kier molecular flexibility index (Phi) is 4.86. The number of urea groups is 1. The zero-order valence-corrected chi connectivity index (χ0v) is 15.3. The number of nitrogens with zero attached hydrogens (tertiary/aromatic N) is 6. The van der Waals surface area contributed by atoms with Gasteiger partial charge >= 0.3 is 6.03 Å². The number of piperazine rings is 1. The summed E-state index contributed by atoms with van der Waals surface area (Å²) in [5, 5.41) is 7.71. The molecule has 0 spiro atoms. The first kappa shape index (κ1) is 17.3. The van der Waals surface area contributed by atoms with Crippen LogP contribution in [0.4, 0.5) is 10.6 Å². The molecule has 1 fully saturated rings. The summed E-state index contributed by atoms with van der Waals surface area (Å²) in [5.41, 5.74) is 1.86. The predicted octanol–water partition coefficient (Wildman–Crippen LogP) is 2.11. The number of anilines is 1. The van der Waals surface area contributed by atoms with Gasteiger partial charge < -0.3 is 15.1 Å². The topological polar surface area (TPSA) is 78.7 Å². The molecule has 27 heavy (non-hydrogen) atoms. The lowest BCUT2D eigenvalue weighted by Gasteiger charge is -2.36. The number of pyridine rings is 1. The number of hydrogen-bond donors (Lipinski definition) is 1. The molecule has 3 aromatic rings. The summed E-state index contributed by atoms with van der Waals surface area (Å²) in [5.74, 6) is 0.905. The summed E-state index contributed by atoms with van der Waals surface area (Å²) in [7, 11) is 0. The van der Waals surface area contributed by atoms with Gasteiger partial charge in [0.1, 0.15) is 5.82 Å². The van der Waals surface area contributed by atoms with E-state index in [1.54, 1.807) is 16.9 Å².